The lowest BCUT2D eigenvalue weighted by molar-refractivity contribution is -0.0500. The molecule has 0 atom stereocenters. The van der Waals surface area contributed by atoms with Crippen molar-refractivity contribution in [1.82, 2.24) is 9.97 Å². The van der Waals surface area contributed by atoms with E-state index in [4.69, 9.17) is 24.7 Å². The predicted octanol–water partition coefficient (Wildman–Crippen LogP) is 3.45. The molecule has 1 saturated heterocycles. The molecule has 1 fully saturated rings. The van der Waals surface area contributed by atoms with E-state index >= 15 is 0 Å². The molecular weight excluding hydrogens is 408 g/mol. The molecule has 4 rings (SSSR count). The SMILES string of the molecule is COCCOc1cc2c(NCc3cc(N)cc(C4(C)COC4)c3)nc(C)nc2cc1OC. The van der Waals surface area contributed by atoms with E-state index in [0.717, 1.165) is 28.0 Å². The fraction of sp³-hybridized carbons (Fsp3) is 0.417. The first-order valence-corrected chi connectivity index (χ1v) is 10.6. The minimum absolute atomic E-state index is 0.0212. The molecule has 8 nitrogen and oxygen atoms in total. The number of anilines is 2. The molecule has 0 bridgehead atoms. The Hall–Kier alpha value is -3.10. The number of nitrogens with zero attached hydrogens (tertiary/aromatic N) is 2. The molecule has 32 heavy (non-hydrogen) atoms. The summed E-state index contributed by atoms with van der Waals surface area (Å²) in [4.78, 5) is 9.21. The van der Waals surface area contributed by atoms with E-state index in [1.54, 1.807) is 14.2 Å². The minimum Gasteiger partial charge on any atom is -0.493 e. The van der Waals surface area contributed by atoms with E-state index in [9.17, 15) is 0 Å². The van der Waals surface area contributed by atoms with Gasteiger partial charge in [0, 0.05) is 36.2 Å². The van der Waals surface area contributed by atoms with Crippen LogP contribution >= 0.6 is 0 Å². The van der Waals surface area contributed by atoms with Gasteiger partial charge in [-0.2, -0.15) is 0 Å². The van der Waals surface area contributed by atoms with Crippen molar-refractivity contribution < 1.29 is 18.9 Å². The Bertz CT molecular complexity index is 1110. The summed E-state index contributed by atoms with van der Waals surface area (Å²) in [6, 6.07) is 9.98. The van der Waals surface area contributed by atoms with Crippen molar-refractivity contribution in [2.75, 3.05) is 51.7 Å². The Labute approximate surface area is 188 Å². The fourth-order valence-electron chi connectivity index (χ4n) is 3.82. The summed E-state index contributed by atoms with van der Waals surface area (Å²) in [5.41, 5.74) is 10.0. The van der Waals surface area contributed by atoms with Crippen LogP contribution in [0.25, 0.3) is 10.9 Å². The zero-order valence-corrected chi connectivity index (χ0v) is 19.0. The third-order valence-electron chi connectivity index (χ3n) is 5.65. The van der Waals surface area contributed by atoms with Crippen LogP contribution in [0.4, 0.5) is 11.5 Å². The maximum atomic E-state index is 6.19. The molecule has 2 aromatic carbocycles. The second-order valence-electron chi connectivity index (χ2n) is 8.35. The molecule has 170 valence electrons. The molecule has 0 aliphatic carbocycles. The number of nitrogens with two attached hydrogens (primary N) is 1. The highest BCUT2D eigenvalue weighted by Crippen LogP contribution is 2.35. The van der Waals surface area contributed by atoms with Crippen LogP contribution in [0.2, 0.25) is 0 Å². The van der Waals surface area contributed by atoms with E-state index < -0.39 is 0 Å². The van der Waals surface area contributed by atoms with Crippen molar-refractivity contribution in [3.63, 3.8) is 0 Å². The summed E-state index contributed by atoms with van der Waals surface area (Å²) < 4.78 is 21.9. The number of nitrogens with one attached hydrogen (secondary N) is 1. The maximum Gasteiger partial charge on any atom is 0.162 e. The molecular formula is C24H30N4O4. The highest BCUT2D eigenvalue weighted by molar-refractivity contribution is 5.91. The van der Waals surface area contributed by atoms with Crippen molar-refractivity contribution >= 4 is 22.4 Å². The van der Waals surface area contributed by atoms with Crippen molar-refractivity contribution in [3.05, 3.63) is 47.3 Å². The third-order valence-corrected chi connectivity index (χ3v) is 5.65. The van der Waals surface area contributed by atoms with Crippen LogP contribution in [-0.4, -0.2) is 50.6 Å². The Morgan fingerprint density at radius 3 is 2.56 bits per heavy atom. The number of nitrogen functional groups attached to an aromatic ring is 1. The van der Waals surface area contributed by atoms with Gasteiger partial charge in [-0.05, 0) is 36.2 Å². The summed E-state index contributed by atoms with van der Waals surface area (Å²) in [6.45, 7) is 6.98. The quantitative estimate of drug-likeness (QED) is 0.387. The molecule has 3 aromatic rings. The van der Waals surface area contributed by atoms with Gasteiger partial charge < -0.3 is 30.0 Å². The number of aryl methyl sites for hydroxylation is 1. The average Bonchev–Trinajstić information content (AvgIpc) is 2.75. The number of rotatable bonds is 9. The number of benzene rings is 2. The van der Waals surface area contributed by atoms with Crippen molar-refractivity contribution in [2.45, 2.75) is 25.8 Å². The first-order valence-electron chi connectivity index (χ1n) is 10.6. The van der Waals surface area contributed by atoms with E-state index in [-0.39, 0.29) is 5.41 Å². The van der Waals surface area contributed by atoms with Gasteiger partial charge in [0.05, 0.1) is 32.4 Å². The summed E-state index contributed by atoms with van der Waals surface area (Å²) in [7, 11) is 3.25. The lowest BCUT2D eigenvalue weighted by Gasteiger charge is -2.39. The van der Waals surface area contributed by atoms with Gasteiger partial charge in [-0.15, -0.1) is 0 Å². The van der Waals surface area contributed by atoms with Crippen molar-refractivity contribution in [3.8, 4) is 11.5 Å². The molecule has 0 amide bonds. The topological polar surface area (TPSA) is 101 Å². The van der Waals surface area contributed by atoms with E-state index in [1.165, 1.54) is 5.56 Å². The van der Waals surface area contributed by atoms with Gasteiger partial charge in [-0.3, -0.25) is 0 Å². The van der Waals surface area contributed by atoms with Gasteiger partial charge in [0.2, 0.25) is 0 Å². The molecule has 0 radical (unpaired) electrons. The molecule has 2 heterocycles. The Morgan fingerprint density at radius 2 is 1.88 bits per heavy atom. The summed E-state index contributed by atoms with van der Waals surface area (Å²) in [5.74, 6) is 2.64. The Morgan fingerprint density at radius 1 is 1.06 bits per heavy atom. The second-order valence-corrected chi connectivity index (χ2v) is 8.35. The van der Waals surface area contributed by atoms with Crippen LogP contribution in [0, 0.1) is 6.92 Å². The van der Waals surface area contributed by atoms with Crippen LogP contribution in [-0.2, 0) is 21.4 Å². The fourth-order valence-corrected chi connectivity index (χ4v) is 3.82. The summed E-state index contributed by atoms with van der Waals surface area (Å²) >= 11 is 0. The lowest BCUT2D eigenvalue weighted by atomic mass is 9.80. The van der Waals surface area contributed by atoms with Crippen LogP contribution in [0.3, 0.4) is 0 Å². The van der Waals surface area contributed by atoms with Gasteiger partial charge >= 0.3 is 0 Å². The monoisotopic (exact) mass is 438 g/mol. The number of ether oxygens (including phenoxy) is 4. The van der Waals surface area contributed by atoms with Gasteiger partial charge in [-0.25, -0.2) is 9.97 Å². The molecule has 1 aliphatic rings. The first-order chi connectivity index (χ1) is 15.4. The van der Waals surface area contributed by atoms with Crippen LogP contribution in [0.1, 0.15) is 23.9 Å². The molecule has 0 spiro atoms. The van der Waals surface area contributed by atoms with Crippen LogP contribution < -0.4 is 20.5 Å². The molecule has 3 N–H and O–H groups in total. The second kappa shape index (κ2) is 9.18. The minimum atomic E-state index is 0.0212. The van der Waals surface area contributed by atoms with Crippen LogP contribution in [0.15, 0.2) is 30.3 Å². The van der Waals surface area contributed by atoms with Gasteiger partial charge in [-0.1, -0.05) is 13.0 Å². The summed E-state index contributed by atoms with van der Waals surface area (Å²) in [5, 5.41) is 4.31. The Balaban J connectivity index is 1.63. The van der Waals surface area contributed by atoms with Crippen molar-refractivity contribution in [1.29, 1.82) is 0 Å². The maximum absolute atomic E-state index is 6.19. The molecule has 8 heteroatoms. The number of aromatic nitrogens is 2. The highest BCUT2D eigenvalue weighted by atomic mass is 16.5. The van der Waals surface area contributed by atoms with Gasteiger partial charge in [0.1, 0.15) is 18.2 Å². The molecule has 0 saturated carbocycles. The zero-order valence-electron chi connectivity index (χ0n) is 19.0. The number of hydrogen-bond donors (Lipinski definition) is 2. The third kappa shape index (κ3) is 4.56. The number of methoxy groups -OCH3 is 2. The molecule has 0 unspecified atom stereocenters. The lowest BCUT2D eigenvalue weighted by Crippen LogP contribution is -2.43. The first kappa shape index (κ1) is 22.1. The summed E-state index contributed by atoms with van der Waals surface area (Å²) in [6.07, 6.45) is 0. The normalized spacial score (nSPS) is 14.8. The Kier molecular flexibility index (Phi) is 6.34. The largest absolute Gasteiger partial charge is 0.493 e. The van der Waals surface area contributed by atoms with E-state index in [1.807, 2.05) is 31.2 Å². The van der Waals surface area contributed by atoms with Gasteiger partial charge in [0.25, 0.3) is 0 Å². The average molecular weight is 439 g/mol. The van der Waals surface area contributed by atoms with Gasteiger partial charge in [0.15, 0.2) is 11.5 Å². The predicted molar refractivity (Wildman–Crippen MR) is 125 cm³/mol. The molecule has 1 aliphatic heterocycles. The molecule has 1 aromatic heterocycles. The van der Waals surface area contributed by atoms with E-state index in [0.29, 0.717) is 50.3 Å². The number of fused-ring (bicyclic) bond motifs is 1. The van der Waals surface area contributed by atoms with Crippen LogP contribution in [0.5, 0.6) is 11.5 Å². The van der Waals surface area contributed by atoms with Crippen molar-refractivity contribution in [2.24, 2.45) is 0 Å². The zero-order chi connectivity index (χ0) is 22.7. The smallest absolute Gasteiger partial charge is 0.162 e. The van der Waals surface area contributed by atoms with E-state index in [2.05, 4.69) is 28.3 Å². The standard InChI is InChI=1S/C24H30N4O4/c1-15-27-20-11-21(30-4)22(32-6-5-29-3)10-19(20)23(28-15)26-12-16-7-17(9-18(25)8-16)24(2)13-31-14-24/h7-11H,5-6,12-14,25H2,1-4H3,(H,26,27,28). The number of hydrogen-bond acceptors (Lipinski definition) is 8. The highest BCUT2D eigenvalue weighted by Gasteiger charge is 2.35.